The predicted octanol–water partition coefficient (Wildman–Crippen LogP) is -0.775. The van der Waals surface area contributed by atoms with Crippen LogP contribution < -0.4 is 33.3 Å². The van der Waals surface area contributed by atoms with Crippen molar-refractivity contribution in [3.63, 3.8) is 0 Å². The first-order valence-corrected chi connectivity index (χ1v) is 8.45. The fourth-order valence-corrected chi connectivity index (χ4v) is 3.01. The maximum absolute atomic E-state index is 11.2. The first-order chi connectivity index (χ1) is 12.4. The second-order valence-corrected chi connectivity index (χ2v) is 6.57. The molecule has 0 aliphatic heterocycles. The number of rotatable bonds is 6. The summed E-state index contributed by atoms with van der Waals surface area (Å²) in [6.45, 7) is 4.51. The summed E-state index contributed by atoms with van der Waals surface area (Å²) >= 11 is 0. The number of ether oxygens (including phenoxy) is 1. The van der Waals surface area contributed by atoms with Gasteiger partial charge in [0, 0.05) is 0 Å². The van der Waals surface area contributed by atoms with Gasteiger partial charge in [0.2, 0.25) is 6.33 Å². The van der Waals surface area contributed by atoms with Gasteiger partial charge in [0.25, 0.3) is 0 Å². The number of imidazole rings is 1. The zero-order chi connectivity index (χ0) is 18.8. The van der Waals surface area contributed by atoms with Crippen LogP contribution in [0.25, 0.3) is 11.0 Å². The van der Waals surface area contributed by atoms with E-state index in [4.69, 9.17) is 4.74 Å². The molecule has 2 N–H and O–H groups in total. The van der Waals surface area contributed by atoms with Gasteiger partial charge in [-0.15, -0.1) is 0 Å². The van der Waals surface area contributed by atoms with E-state index in [0.717, 1.165) is 11.0 Å². The molecular formula is C20H23IN2O4. The number of fused-ring (bicyclic) bond motifs is 1. The molecule has 7 heteroatoms. The Bertz CT molecular complexity index is 968. The van der Waals surface area contributed by atoms with Crippen LogP contribution in [0.1, 0.15) is 21.5 Å². The van der Waals surface area contributed by atoms with E-state index >= 15 is 0 Å². The molecule has 1 atom stereocenters. The molecule has 0 fully saturated rings. The van der Waals surface area contributed by atoms with Crippen LogP contribution in [0.2, 0.25) is 0 Å². The summed E-state index contributed by atoms with van der Waals surface area (Å²) in [4.78, 5) is 11.2. The zero-order valence-electron chi connectivity index (χ0n) is 15.5. The maximum Gasteiger partial charge on any atom is 0.339 e. The molecule has 0 aliphatic rings. The number of aliphatic hydroxyl groups excluding tert-OH is 1. The lowest BCUT2D eigenvalue weighted by Gasteiger charge is -2.12. The van der Waals surface area contributed by atoms with Crippen LogP contribution in [0.3, 0.4) is 0 Å². The Balaban J connectivity index is 0.00000261. The van der Waals surface area contributed by atoms with Crippen molar-refractivity contribution in [1.82, 2.24) is 4.57 Å². The van der Waals surface area contributed by atoms with Gasteiger partial charge in [-0.3, -0.25) is 0 Å². The number of carboxylic acids is 1. The SMILES string of the molecule is Cc1cc2c(cc1C)[n+](C)cn2CC(O)COc1ccccc1C(=O)O.[I-]. The molecule has 1 unspecified atom stereocenters. The molecule has 0 spiro atoms. The van der Waals surface area contributed by atoms with Crippen LogP contribution in [0, 0.1) is 13.8 Å². The van der Waals surface area contributed by atoms with E-state index in [9.17, 15) is 15.0 Å². The van der Waals surface area contributed by atoms with Gasteiger partial charge in [-0.1, -0.05) is 12.1 Å². The normalized spacial score (nSPS) is 11.9. The molecule has 1 aromatic heterocycles. The molecule has 0 amide bonds. The number of carboxylic acid groups (broad SMARTS) is 1. The summed E-state index contributed by atoms with van der Waals surface area (Å²) in [5.74, 6) is -0.794. The van der Waals surface area contributed by atoms with Crippen LogP contribution in [-0.2, 0) is 13.6 Å². The minimum Gasteiger partial charge on any atom is -1.00 e. The third-order valence-electron chi connectivity index (χ3n) is 4.55. The number of aromatic carboxylic acids is 1. The predicted molar refractivity (Wildman–Crippen MR) is 97.5 cm³/mol. The molecule has 6 nitrogen and oxygen atoms in total. The molecule has 0 saturated carbocycles. The maximum atomic E-state index is 11.2. The van der Waals surface area contributed by atoms with E-state index in [1.807, 2.05) is 22.5 Å². The van der Waals surface area contributed by atoms with Crippen LogP contribution in [0.15, 0.2) is 42.7 Å². The highest BCUT2D eigenvalue weighted by atomic mass is 127. The average Bonchev–Trinajstić information content (AvgIpc) is 2.89. The van der Waals surface area contributed by atoms with Crippen LogP contribution in [0.5, 0.6) is 5.75 Å². The fraction of sp³-hybridized carbons (Fsp3) is 0.300. The molecule has 1 heterocycles. The van der Waals surface area contributed by atoms with Crippen molar-refractivity contribution in [1.29, 1.82) is 0 Å². The van der Waals surface area contributed by atoms with E-state index in [-0.39, 0.29) is 41.9 Å². The van der Waals surface area contributed by atoms with Crippen molar-refractivity contribution >= 4 is 17.0 Å². The summed E-state index contributed by atoms with van der Waals surface area (Å²) in [6.07, 6.45) is 1.17. The zero-order valence-corrected chi connectivity index (χ0v) is 17.7. The molecule has 27 heavy (non-hydrogen) atoms. The van der Waals surface area contributed by atoms with Crippen LogP contribution >= 0.6 is 0 Å². The Morgan fingerprint density at radius 2 is 1.89 bits per heavy atom. The molecule has 3 aromatic rings. The van der Waals surface area contributed by atoms with Crippen molar-refractivity contribution < 1.29 is 48.3 Å². The topological polar surface area (TPSA) is 75.6 Å². The minimum atomic E-state index is -1.05. The van der Waals surface area contributed by atoms with E-state index in [1.54, 1.807) is 18.2 Å². The van der Waals surface area contributed by atoms with Gasteiger partial charge in [-0.05, 0) is 49.2 Å². The molecule has 3 rings (SSSR count). The number of benzene rings is 2. The van der Waals surface area contributed by atoms with E-state index in [0.29, 0.717) is 6.54 Å². The number of aromatic nitrogens is 2. The highest BCUT2D eigenvalue weighted by Gasteiger charge is 2.19. The molecular weight excluding hydrogens is 459 g/mol. The first-order valence-electron chi connectivity index (χ1n) is 8.45. The number of nitrogens with zero attached hydrogens (tertiary/aromatic N) is 2. The van der Waals surface area contributed by atoms with Gasteiger partial charge in [0.15, 0.2) is 11.0 Å². The Labute approximate surface area is 175 Å². The Kier molecular flexibility index (Phi) is 6.83. The van der Waals surface area contributed by atoms with Gasteiger partial charge in [0.1, 0.15) is 30.6 Å². The summed E-state index contributed by atoms with van der Waals surface area (Å²) in [7, 11) is 1.97. The average molecular weight is 482 g/mol. The number of aliphatic hydroxyl groups is 1. The lowest BCUT2D eigenvalue weighted by atomic mass is 10.1. The van der Waals surface area contributed by atoms with Gasteiger partial charge in [0.05, 0.1) is 7.05 Å². The summed E-state index contributed by atoms with van der Waals surface area (Å²) in [5.41, 5.74) is 4.64. The summed E-state index contributed by atoms with van der Waals surface area (Å²) < 4.78 is 9.55. The monoisotopic (exact) mass is 482 g/mol. The number of hydrogen-bond acceptors (Lipinski definition) is 3. The lowest BCUT2D eigenvalue weighted by molar-refractivity contribution is -0.645. The lowest BCUT2D eigenvalue weighted by Crippen LogP contribution is -3.00. The third-order valence-corrected chi connectivity index (χ3v) is 4.55. The standard InChI is InChI=1S/C20H22N2O4.HI/c1-13-8-17-18(9-14(13)2)22(12-21(17)3)10-15(23)11-26-19-7-5-4-6-16(19)20(24)25;/h4-9,12,15,23H,10-11H2,1-3H3;1H. The number of hydrogen-bond donors (Lipinski definition) is 2. The van der Waals surface area contributed by atoms with Crippen molar-refractivity contribution in [3.05, 3.63) is 59.4 Å². The fourth-order valence-electron chi connectivity index (χ4n) is 3.01. The van der Waals surface area contributed by atoms with Crippen molar-refractivity contribution in [2.45, 2.75) is 26.5 Å². The smallest absolute Gasteiger partial charge is 0.339 e. The first kappa shape index (κ1) is 21.2. The second-order valence-electron chi connectivity index (χ2n) is 6.57. The molecule has 0 aliphatic carbocycles. The van der Waals surface area contributed by atoms with Gasteiger partial charge < -0.3 is 38.9 Å². The van der Waals surface area contributed by atoms with E-state index in [1.165, 1.54) is 17.2 Å². The van der Waals surface area contributed by atoms with Crippen LogP contribution in [0.4, 0.5) is 0 Å². The van der Waals surface area contributed by atoms with Crippen LogP contribution in [-0.4, -0.2) is 33.5 Å². The van der Waals surface area contributed by atoms with Crippen molar-refractivity contribution in [2.75, 3.05) is 6.61 Å². The Hall–Kier alpha value is -2.13. The largest absolute Gasteiger partial charge is 1.00 e. The Morgan fingerprint density at radius 1 is 1.22 bits per heavy atom. The Morgan fingerprint density at radius 3 is 2.59 bits per heavy atom. The molecule has 0 radical (unpaired) electrons. The number of aryl methyl sites for hydroxylation is 3. The number of carbonyl (C=O) groups is 1. The quantitative estimate of drug-likeness (QED) is 0.358. The molecule has 0 bridgehead atoms. The van der Waals surface area contributed by atoms with Gasteiger partial charge in [-0.25, -0.2) is 13.9 Å². The summed E-state index contributed by atoms with van der Waals surface area (Å²) in [5, 5.41) is 19.6. The number of halogens is 1. The van der Waals surface area contributed by atoms with E-state index in [2.05, 4.69) is 26.0 Å². The van der Waals surface area contributed by atoms with Crippen molar-refractivity contribution in [2.24, 2.45) is 7.05 Å². The van der Waals surface area contributed by atoms with Gasteiger partial charge in [-0.2, -0.15) is 0 Å². The molecule has 144 valence electrons. The molecule has 2 aromatic carbocycles. The molecule has 0 saturated heterocycles. The second kappa shape index (κ2) is 8.71. The van der Waals surface area contributed by atoms with E-state index < -0.39 is 12.1 Å². The summed E-state index contributed by atoms with van der Waals surface area (Å²) in [6, 6.07) is 10.7. The van der Waals surface area contributed by atoms with Crippen molar-refractivity contribution in [3.8, 4) is 5.75 Å². The third kappa shape index (κ3) is 4.59. The number of para-hydroxylation sites is 1. The highest BCUT2D eigenvalue weighted by molar-refractivity contribution is 5.90. The highest BCUT2D eigenvalue weighted by Crippen LogP contribution is 2.19. The van der Waals surface area contributed by atoms with Gasteiger partial charge >= 0.3 is 5.97 Å². The minimum absolute atomic E-state index is 0.